The number of hydrogen-bond acceptors (Lipinski definition) is 3. The fourth-order valence-corrected chi connectivity index (χ4v) is 3.60. The number of rotatable bonds is 4. The lowest BCUT2D eigenvalue weighted by Crippen LogP contribution is -2.49. The maximum atomic E-state index is 12.5. The summed E-state index contributed by atoms with van der Waals surface area (Å²) in [6.45, 7) is 0.837. The number of carbonyl (C=O) groups is 2. The van der Waals surface area contributed by atoms with Crippen LogP contribution in [0.25, 0.3) is 0 Å². The molecule has 1 unspecified atom stereocenters. The number of likely N-dealkylation sites (tertiary alicyclic amines) is 1. The van der Waals surface area contributed by atoms with Gasteiger partial charge in [-0.3, -0.25) is 9.69 Å². The molecule has 1 aromatic carbocycles. The van der Waals surface area contributed by atoms with Crippen molar-refractivity contribution in [2.45, 2.75) is 63.6 Å². The predicted octanol–water partition coefficient (Wildman–Crippen LogP) is 3.24. The number of amides is 2. The molecule has 3 rings (SSSR count). The molecule has 2 fully saturated rings. The minimum Gasteiger partial charge on any atom is -0.445 e. The Kier molecular flexibility index (Phi) is 5.72. The minimum absolute atomic E-state index is 0.0175. The molecule has 1 aliphatic carbocycles. The highest BCUT2D eigenvalue weighted by Crippen LogP contribution is 2.21. The summed E-state index contributed by atoms with van der Waals surface area (Å²) in [5, 5.41) is 3.13. The highest BCUT2D eigenvalue weighted by molar-refractivity contribution is 5.86. The number of nitrogens with zero attached hydrogens (tertiary/aromatic N) is 1. The topological polar surface area (TPSA) is 58.6 Å². The zero-order valence-electron chi connectivity index (χ0n) is 14.1. The van der Waals surface area contributed by atoms with Gasteiger partial charge in [0, 0.05) is 12.6 Å². The van der Waals surface area contributed by atoms with E-state index < -0.39 is 0 Å². The van der Waals surface area contributed by atoms with Gasteiger partial charge in [-0.25, -0.2) is 4.79 Å². The zero-order chi connectivity index (χ0) is 16.8. The monoisotopic (exact) mass is 330 g/mol. The Hall–Kier alpha value is -2.04. The van der Waals surface area contributed by atoms with E-state index in [1.807, 2.05) is 30.3 Å². The van der Waals surface area contributed by atoms with Crippen LogP contribution in [0.3, 0.4) is 0 Å². The average Bonchev–Trinajstić information content (AvgIpc) is 3.11. The van der Waals surface area contributed by atoms with Gasteiger partial charge in [-0.05, 0) is 31.2 Å². The third kappa shape index (κ3) is 4.28. The van der Waals surface area contributed by atoms with Crippen molar-refractivity contribution in [3.8, 4) is 0 Å². The standard InChI is InChI=1S/C19H26N2O3/c22-18(20-16-10-5-2-6-11-16)17-12-7-13-21(17)19(23)24-14-15-8-3-1-4-9-15/h1,3-4,8-9,16-17H,2,5-7,10-14H2,(H,20,22). The molecule has 1 saturated carbocycles. The van der Waals surface area contributed by atoms with Crippen LogP contribution in [0.5, 0.6) is 0 Å². The van der Waals surface area contributed by atoms with E-state index >= 15 is 0 Å². The van der Waals surface area contributed by atoms with E-state index in [0.29, 0.717) is 6.54 Å². The first kappa shape index (κ1) is 16.8. The van der Waals surface area contributed by atoms with E-state index in [4.69, 9.17) is 4.74 Å². The zero-order valence-corrected chi connectivity index (χ0v) is 14.1. The molecule has 24 heavy (non-hydrogen) atoms. The van der Waals surface area contributed by atoms with Crippen LogP contribution >= 0.6 is 0 Å². The third-order valence-electron chi connectivity index (χ3n) is 4.95. The summed E-state index contributed by atoms with van der Waals surface area (Å²) in [6.07, 6.45) is 6.90. The van der Waals surface area contributed by atoms with Crippen LogP contribution in [0.15, 0.2) is 30.3 Å². The molecule has 1 aliphatic heterocycles. The Morgan fingerprint density at radius 1 is 1.04 bits per heavy atom. The summed E-state index contributed by atoms with van der Waals surface area (Å²) < 4.78 is 5.39. The largest absolute Gasteiger partial charge is 0.445 e. The van der Waals surface area contributed by atoms with Crippen molar-refractivity contribution in [2.75, 3.05) is 6.54 Å². The van der Waals surface area contributed by atoms with Crippen molar-refractivity contribution < 1.29 is 14.3 Å². The van der Waals surface area contributed by atoms with Crippen molar-refractivity contribution in [1.82, 2.24) is 10.2 Å². The van der Waals surface area contributed by atoms with Crippen LogP contribution in [0.2, 0.25) is 0 Å². The van der Waals surface area contributed by atoms with Crippen molar-refractivity contribution in [3.05, 3.63) is 35.9 Å². The van der Waals surface area contributed by atoms with E-state index in [2.05, 4.69) is 5.32 Å². The maximum absolute atomic E-state index is 12.5. The van der Waals surface area contributed by atoms with Crippen molar-refractivity contribution in [1.29, 1.82) is 0 Å². The SMILES string of the molecule is O=C(NC1CCCCC1)C1CCCN1C(=O)OCc1ccccc1. The number of hydrogen-bond donors (Lipinski definition) is 1. The van der Waals surface area contributed by atoms with Crippen LogP contribution in [-0.2, 0) is 16.1 Å². The van der Waals surface area contributed by atoms with Crippen molar-refractivity contribution in [2.24, 2.45) is 0 Å². The molecular weight excluding hydrogens is 304 g/mol. The summed E-state index contributed by atoms with van der Waals surface area (Å²) >= 11 is 0. The normalized spacial score (nSPS) is 21.5. The predicted molar refractivity (Wildman–Crippen MR) is 91.4 cm³/mol. The Morgan fingerprint density at radius 2 is 1.79 bits per heavy atom. The molecule has 1 atom stereocenters. The smallest absolute Gasteiger partial charge is 0.410 e. The molecule has 0 spiro atoms. The van der Waals surface area contributed by atoms with Gasteiger partial charge in [-0.2, -0.15) is 0 Å². The van der Waals surface area contributed by atoms with Gasteiger partial charge in [-0.1, -0.05) is 49.6 Å². The van der Waals surface area contributed by atoms with Crippen LogP contribution < -0.4 is 5.32 Å². The Balaban J connectivity index is 1.52. The molecule has 5 heteroatoms. The van der Waals surface area contributed by atoms with Crippen molar-refractivity contribution >= 4 is 12.0 Å². The van der Waals surface area contributed by atoms with Gasteiger partial charge >= 0.3 is 6.09 Å². The van der Waals surface area contributed by atoms with E-state index in [-0.39, 0.29) is 30.7 Å². The molecule has 1 heterocycles. The van der Waals surface area contributed by atoms with Crippen LogP contribution in [0.1, 0.15) is 50.5 Å². The van der Waals surface area contributed by atoms with Crippen LogP contribution in [0.4, 0.5) is 4.79 Å². The highest BCUT2D eigenvalue weighted by atomic mass is 16.6. The lowest BCUT2D eigenvalue weighted by molar-refractivity contribution is -0.126. The second-order valence-corrected chi connectivity index (χ2v) is 6.74. The van der Waals surface area contributed by atoms with Gasteiger partial charge in [0.05, 0.1) is 0 Å². The second kappa shape index (κ2) is 8.18. The molecule has 1 saturated heterocycles. The number of ether oxygens (including phenoxy) is 1. The summed E-state index contributed by atoms with van der Waals surface area (Å²) in [6, 6.07) is 9.50. The first-order valence-corrected chi connectivity index (χ1v) is 9.02. The summed E-state index contributed by atoms with van der Waals surface area (Å²) in [7, 11) is 0. The highest BCUT2D eigenvalue weighted by Gasteiger charge is 2.35. The first-order chi connectivity index (χ1) is 11.7. The Labute approximate surface area is 143 Å². The first-order valence-electron chi connectivity index (χ1n) is 9.02. The third-order valence-corrected chi connectivity index (χ3v) is 4.95. The maximum Gasteiger partial charge on any atom is 0.410 e. The van der Waals surface area contributed by atoms with Gasteiger partial charge in [0.2, 0.25) is 5.91 Å². The molecule has 1 N–H and O–H groups in total. The molecule has 1 aromatic rings. The number of nitrogens with one attached hydrogen (secondary N) is 1. The summed E-state index contributed by atoms with van der Waals surface area (Å²) in [4.78, 5) is 26.5. The van der Waals surface area contributed by atoms with Gasteiger partial charge in [0.25, 0.3) is 0 Å². The van der Waals surface area contributed by atoms with Gasteiger partial charge in [-0.15, -0.1) is 0 Å². The fourth-order valence-electron chi connectivity index (χ4n) is 3.60. The Morgan fingerprint density at radius 3 is 2.54 bits per heavy atom. The number of carbonyl (C=O) groups excluding carboxylic acids is 2. The minimum atomic E-state index is -0.389. The van der Waals surface area contributed by atoms with E-state index in [1.165, 1.54) is 19.3 Å². The summed E-state index contributed by atoms with van der Waals surface area (Å²) in [5.74, 6) is -0.0175. The van der Waals surface area contributed by atoms with Crippen LogP contribution in [-0.4, -0.2) is 35.5 Å². The Bertz CT molecular complexity index is 555. The van der Waals surface area contributed by atoms with Crippen LogP contribution in [0, 0.1) is 0 Å². The van der Waals surface area contributed by atoms with Crippen molar-refractivity contribution in [3.63, 3.8) is 0 Å². The molecular formula is C19H26N2O3. The van der Waals surface area contributed by atoms with Gasteiger partial charge in [0.1, 0.15) is 12.6 Å². The molecule has 0 bridgehead atoms. The van der Waals surface area contributed by atoms with Gasteiger partial charge < -0.3 is 10.1 Å². The molecule has 5 nitrogen and oxygen atoms in total. The van der Waals surface area contributed by atoms with Gasteiger partial charge in [0.15, 0.2) is 0 Å². The molecule has 0 radical (unpaired) electrons. The van der Waals surface area contributed by atoms with E-state index in [0.717, 1.165) is 31.2 Å². The second-order valence-electron chi connectivity index (χ2n) is 6.74. The average molecular weight is 330 g/mol. The molecule has 0 aromatic heterocycles. The lowest BCUT2D eigenvalue weighted by Gasteiger charge is -2.27. The quantitative estimate of drug-likeness (QED) is 0.922. The molecule has 2 aliphatic rings. The molecule has 130 valence electrons. The lowest BCUT2D eigenvalue weighted by atomic mass is 9.95. The fraction of sp³-hybridized carbons (Fsp3) is 0.579. The number of benzene rings is 1. The summed E-state index contributed by atoms with van der Waals surface area (Å²) in [5.41, 5.74) is 0.952. The van der Waals surface area contributed by atoms with E-state index in [9.17, 15) is 9.59 Å². The molecule has 2 amide bonds. The van der Waals surface area contributed by atoms with E-state index in [1.54, 1.807) is 4.90 Å².